The van der Waals surface area contributed by atoms with Gasteiger partial charge in [0.2, 0.25) is 17.7 Å². The van der Waals surface area contributed by atoms with Crippen molar-refractivity contribution in [3.05, 3.63) is 12.2 Å². The van der Waals surface area contributed by atoms with E-state index < -0.39 is 43.2 Å². The van der Waals surface area contributed by atoms with E-state index in [-0.39, 0.29) is 24.8 Å². The van der Waals surface area contributed by atoms with Crippen molar-refractivity contribution in [3.63, 3.8) is 0 Å². The number of sulfone groups is 1. The highest BCUT2D eigenvalue weighted by molar-refractivity contribution is 7.93. The molecule has 3 fully saturated rings. The molecule has 9 heteroatoms. The minimum Gasteiger partial charge on any atom is -0.368 e. The zero-order valence-corrected chi connectivity index (χ0v) is 19.0. The molecule has 4 rings (SSSR count). The maximum atomic E-state index is 13.4. The third-order valence-electron chi connectivity index (χ3n) is 7.65. The standard InChI is InChI=1S/C22H33N3O5S/c1-21(11-12-21)31(29,30)16-10-13-25-17(26)9-7-5-3-2-4-6-8-15-14-22(15,20(23)28)24-19(27)18(16)25/h6,8,15-16,18H,2-5,7,9-14H2,1H3,(H2,23,28)(H,24,27)/b8-6-. The van der Waals surface area contributed by atoms with Gasteiger partial charge in [-0.3, -0.25) is 14.4 Å². The van der Waals surface area contributed by atoms with E-state index in [1.165, 1.54) is 4.90 Å². The summed E-state index contributed by atoms with van der Waals surface area (Å²) in [5.41, 5.74) is 4.45. The average Bonchev–Trinajstić information content (AvgIpc) is 3.57. The molecule has 0 aromatic carbocycles. The second-order valence-electron chi connectivity index (χ2n) is 9.87. The molecule has 3 N–H and O–H groups in total. The number of hydrogen-bond donors (Lipinski definition) is 2. The summed E-state index contributed by atoms with van der Waals surface area (Å²) in [5, 5.41) is 1.83. The Morgan fingerprint density at radius 1 is 1.19 bits per heavy atom. The highest BCUT2D eigenvalue weighted by Crippen LogP contribution is 2.48. The predicted molar refractivity (Wildman–Crippen MR) is 115 cm³/mol. The first-order chi connectivity index (χ1) is 14.6. The topological polar surface area (TPSA) is 127 Å². The van der Waals surface area contributed by atoms with Crippen LogP contribution in [0, 0.1) is 5.92 Å². The Kier molecular flexibility index (Phi) is 5.69. The van der Waals surface area contributed by atoms with Gasteiger partial charge >= 0.3 is 0 Å². The number of nitrogens with zero attached hydrogens (tertiary/aromatic N) is 1. The fourth-order valence-electron chi connectivity index (χ4n) is 5.10. The van der Waals surface area contributed by atoms with E-state index in [0.717, 1.165) is 32.1 Å². The number of fused-ring (bicyclic) bond motifs is 2. The third-order valence-corrected chi connectivity index (χ3v) is 10.7. The first-order valence-electron chi connectivity index (χ1n) is 11.4. The molecule has 0 aromatic heterocycles. The van der Waals surface area contributed by atoms with Crippen molar-refractivity contribution in [1.82, 2.24) is 10.2 Å². The van der Waals surface area contributed by atoms with Gasteiger partial charge in [0.25, 0.3) is 0 Å². The highest BCUT2D eigenvalue weighted by Gasteiger charge is 2.62. The Hall–Kier alpha value is -1.90. The quantitative estimate of drug-likeness (QED) is 0.623. The van der Waals surface area contributed by atoms with Crippen LogP contribution in [-0.2, 0) is 24.2 Å². The van der Waals surface area contributed by atoms with Crippen LogP contribution in [0.25, 0.3) is 0 Å². The van der Waals surface area contributed by atoms with Gasteiger partial charge in [-0.1, -0.05) is 25.0 Å². The maximum Gasteiger partial charge on any atom is 0.245 e. The molecule has 172 valence electrons. The molecule has 2 saturated carbocycles. The second kappa shape index (κ2) is 7.90. The number of nitrogens with two attached hydrogens (primary N) is 1. The minimum atomic E-state index is -3.60. The van der Waals surface area contributed by atoms with E-state index >= 15 is 0 Å². The van der Waals surface area contributed by atoms with Crippen LogP contribution >= 0.6 is 0 Å². The Morgan fingerprint density at radius 3 is 2.58 bits per heavy atom. The van der Waals surface area contributed by atoms with Gasteiger partial charge < -0.3 is 16.0 Å². The van der Waals surface area contributed by atoms with Crippen molar-refractivity contribution >= 4 is 27.6 Å². The summed E-state index contributed by atoms with van der Waals surface area (Å²) in [6, 6.07) is -1.11. The molecule has 0 radical (unpaired) electrons. The van der Waals surface area contributed by atoms with E-state index in [0.29, 0.717) is 25.7 Å². The van der Waals surface area contributed by atoms with Crippen molar-refractivity contribution in [2.75, 3.05) is 6.54 Å². The van der Waals surface area contributed by atoms with E-state index in [4.69, 9.17) is 5.73 Å². The lowest BCUT2D eigenvalue weighted by Gasteiger charge is -2.30. The number of hydrogen-bond acceptors (Lipinski definition) is 5. The molecule has 0 spiro atoms. The van der Waals surface area contributed by atoms with Gasteiger partial charge in [0.05, 0.1) is 10.00 Å². The lowest BCUT2D eigenvalue weighted by atomic mass is 10.1. The Bertz CT molecular complexity index is 910. The molecule has 2 aliphatic heterocycles. The number of rotatable bonds is 3. The van der Waals surface area contributed by atoms with Crippen molar-refractivity contribution < 1.29 is 22.8 Å². The lowest BCUT2D eigenvalue weighted by molar-refractivity contribution is -0.139. The number of carbonyl (C=O) groups excluding carboxylic acids is 3. The molecule has 3 amide bonds. The van der Waals surface area contributed by atoms with Crippen LogP contribution in [0.15, 0.2) is 12.2 Å². The summed E-state index contributed by atoms with van der Waals surface area (Å²) in [5.74, 6) is -1.58. The molecule has 31 heavy (non-hydrogen) atoms. The SMILES string of the molecule is CC1(S(=O)(=O)C2CCN3C(=O)CCCCCC/C=C\C4CC4(C(N)=O)NC(=O)C23)CC1. The first-order valence-corrected chi connectivity index (χ1v) is 13.0. The number of nitrogens with one attached hydrogen (secondary N) is 1. The molecule has 4 atom stereocenters. The predicted octanol–water partition coefficient (Wildman–Crippen LogP) is 1.19. The van der Waals surface area contributed by atoms with Crippen LogP contribution < -0.4 is 11.1 Å². The maximum absolute atomic E-state index is 13.4. The van der Waals surface area contributed by atoms with Gasteiger partial charge in [-0.15, -0.1) is 0 Å². The molecular formula is C22H33N3O5S. The van der Waals surface area contributed by atoms with Crippen LogP contribution in [0.2, 0.25) is 0 Å². The van der Waals surface area contributed by atoms with E-state index in [1.54, 1.807) is 6.92 Å². The molecule has 4 unspecified atom stereocenters. The Morgan fingerprint density at radius 2 is 1.90 bits per heavy atom. The van der Waals surface area contributed by atoms with Crippen LogP contribution in [0.5, 0.6) is 0 Å². The molecule has 0 bridgehead atoms. The number of allylic oxidation sites excluding steroid dienone is 1. The van der Waals surface area contributed by atoms with E-state index in [1.807, 2.05) is 12.2 Å². The van der Waals surface area contributed by atoms with Crippen molar-refractivity contribution in [3.8, 4) is 0 Å². The van der Waals surface area contributed by atoms with Crippen LogP contribution in [0.1, 0.15) is 71.1 Å². The molecular weight excluding hydrogens is 418 g/mol. The number of amides is 3. The molecule has 0 aromatic rings. The largest absolute Gasteiger partial charge is 0.368 e. The summed E-state index contributed by atoms with van der Waals surface area (Å²) in [6.07, 6.45) is 10.6. The van der Waals surface area contributed by atoms with E-state index in [9.17, 15) is 22.8 Å². The van der Waals surface area contributed by atoms with E-state index in [2.05, 4.69) is 5.32 Å². The van der Waals surface area contributed by atoms with Crippen molar-refractivity contribution in [1.29, 1.82) is 0 Å². The zero-order valence-electron chi connectivity index (χ0n) is 18.1. The summed E-state index contributed by atoms with van der Waals surface area (Å²) in [7, 11) is -3.60. The summed E-state index contributed by atoms with van der Waals surface area (Å²) in [4.78, 5) is 40.1. The van der Waals surface area contributed by atoms with Gasteiger partial charge in [0.15, 0.2) is 9.84 Å². The first kappa shape index (κ1) is 22.3. The smallest absolute Gasteiger partial charge is 0.245 e. The Labute approximate surface area is 183 Å². The average molecular weight is 452 g/mol. The molecule has 8 nitrogen and oxygen atoms in total. The molecule has 4 aliphatic rings. The van der Waals surface area contributed by atoms with Crippen LogP contribution in [0.4, 0.5) is 0 Å². The van der Waals surface area contributed by atoms with Crippen LogP contribution in [0.3, 0.4) is 0 Å². The third kappa shape index (κ3) is 3.90. The van der Waals surface area contributed by atoms with Gasteiger partial charge in [-0.05, 0) is 51.9 Å². The number of primary amides is 1. The van der Waals surface area contributed by atoms with Gasteiger partial charge in [-0.25, -0.2) is 8.42 Å². The molecule has 2 heterocycles. The lowest BCUT2D eigenvalue weighted by Crippen LogP contribution is -2.58. The monoisotopic (exact) mass is 451 g/mol. The summed E-state index contributed by atoms with van der Waals surface area (Å²) >= 11 is 0. The fourth-order valence-corrected chi connectivity index (χ4v) is 7.53. The normalized spacial score (nSPS) is 36.9. The number of carbonyl (C=O) groups is 3. The minimum absolute atomic E-state index is 0.188. The van der Waals surface area contributed by atoms with Crippen molar-refractivity contribution in [2.45, 2.75) is 92.7 Å². The second-order valence-corrected chi connectivity index (χ2v) is 12.6. The Balaban J connectivity index is 1.65. The zero-order chi connectivity index (χ0) is 22.4. The summed E-state index contributed by atoms with van der Waals surface area (Å²) in [6.45, 7) is 1.95. The van der Waals surface area contributed by atoms with Crippen LogP contribution in [-0.4, -0.2) is 59.2 Å². The van der Waals surface area contributed by atoms with Gasteiger partial charge in [0, 0.05) is 18.9 Å². The highest BCUT2D eigenvalue weighted by atomic mass is 32.2. The summed E-state index contributed by atoms with van der Waals surface area (Å²) < 4.78 is 25.8. The molecule has 1 saturated heterocycles. The van der Waals surface area contributed by atoms with Crippen molar-refractivity contribution in [2.24, 2.45) is 11.7 Å². The fraction of sp³-hybridized carbons (Fsp3) is 0.773. The van der Waals surface area contributed by atoms with Gasteiger partial charge in [0.1, 0.15) is 11.6 Å². The molecule has 2 aliphatic carbocycles. The van der Waals surface area contributed by atoms with Gasteiger partial charge in [-0.2, -0.15) is 0 Å².